The number of nitrogens with zero attached hydrogens (tertiary/aromatic N) is 3. The summed E-state index contributed by atoms with van der Waals surface area (Å²) in [6.07, 6.45) is 1.64. The van der Waals surface area contributed by atoms with Gasteiger partial charge in [-0.2, -0.15) is 0 Å². The number of carbonyl (C=O) groups is 2. The molecule has 1 atom stereocenters. The van der Waals surface area contributed by atoms with Gasteiger partial charge in [0.25, 0.3) is 5.91 Å². The Hall–Kier alpha value is -2.81. The molecule has 1 aromatic heterocycles. The molecule has 9 heteroatoms. The van der Waals surface area contributed by atoms with Gasteiger partial charge in [0.05, 0.1) is 18.2 Å². The molecule has 0 bridgehead atoms. The SMILES string of the molecule is COCCn1cnnc1[C@@H](C)NC(=O)CCNC(=O)c1ccccc1F. The van der Waals surface area contributed by atoms with Crippen LogP contribution in [0.5, 0.6) is 0 Å². The number of methoxy groups -OCH3 is 1. The lowest BCUT2D eigenvalue weighted by atomic mass is 10.2. The van der Waals surface area contributed by atoms with E-state index in [-0.39, 0.29) is 30.5 Å². The van der Waals surface area contributed by atoms with E-state index >= 15 is 0 Å². The summed E-state index contributed by atoms with van der Waals surface area (Å²) in [5.41, 5.74) is -0.0486. The van der Waals surface area contributed by atoms with Crippen LogP contribution in [-0.2, 0) is 16.1 Å². The van der Waals surface area contributed by atoms with Crippen LogP contribution in [0.2, 0.25) is 0 Å². The maximum Gasteiger partial charge on any atom is 0.254 e. The summed E-state index contributed by atoms with van der Waals surface area (Å²) in [6, 6.07) is 5.34. The van der Waals surface area contributed by atoms with Crippen molar-refractivity contribution < 1.29 is 18.7 Å². The number of carbonyl (C=O) groups excluding carboxylic acids is 2. The van der Waals surface area contributed by atoms with E-state index in [2.05, 4.69) is 20.8 Å². The second-order valence-electron chi connectivity index (χ2n) is 5.65. The summed E-state index contributed by atoms with van der Waals surface area (Å²) >= 11 is 0. The van der Waals surface area contributed by atoms with Crippen LogP contribution in [0.25, 0.3) is 0 Å². The molecule has 140 valence electrons. The Morgan fingerprint density at radius 2 is 2.12 bits per heavy atom. The van der Waals surface area contributed by atoms with Gasteiger partial charge in [-0.25, -0.2) is 4.39 Å². The van der Waals surface area contributed by atoms with E-state index in [0.29, 0.717) is 19.0 Å². The third-order valence-corrected chi connectivity index (χ3v) is 3.70. The van der Waals surface area contributed by atoms with E-state index in [9.17, 15) is 14.0 Å². The van der Waals surface area contributed by atoms with Crippen molar-refractivity contribution in [3.63, 3.8) is 0 Å². The maximum absolute atomic E-state index is 13.5. The summed E-state index contributed by atoms with van der Waals surface area (Å²) in [4.78, 5) is 23.9. The van der Waals surface area contributed by atoms with Gasteiger partial charge in [-0.1, -0.05) is 12.1 Å². The highest BCUT2D eigenvalue weighted by molar-refractivity contribution is 5.94. The zero-order chi connectivity index (χ0) is 18.9. The number of aromatic nitrogens is 3. The van der Waals surface area contributed by atoms with Crippen molar-refractivity contribution in [2.45, 2.75) is 25.9 Å². The van der Waals surface area contributed by atoms with Crippen LogP contribution in [0.1, 0.15) is 35.6 Å². The van der Waals surface area contributed by atoms with Gasteiger partial charge in [0.2, 0.25) is 5.91 Å². The fourth-order valence-corrected chi connectivity index (χ4v) is 2.37. The van der Waals surface area contributed by atoms with Gasteiger partial charge >= 0.3 is 0 Å². The second-order valence-corrected chi connectivity index (χ2v) is 5.65. The molecule has 0 aliphatic heterocycles. The van der Waals surface area contributed by atoms with E-state index in [1.807, 2.05) is 0 Å². The highest BCUT2D eigenvalue weighted by atomic mass is 19.1. The molecule has 8 nitrogen and oxygen atoms in total. The molecule has 0 unspecified atom stereocenters. The van der Waals surface area contributed by atoms with Crippen molar-refractivity contribution in [1.82, 2.24) is 25.4 Å². The molecule has 1 aromatic carbocycles. The topological polar surface area (TPSA) is 98.1 Å². The van der Waals surface area contributed by atoms with Gasteiger partial charge in [0.15, 0.2) is 5.82 Å². The van der Waals surface area contributed by atoms with E-state index in [1.54, 1.807) is 31.0 Å². The van der Waals surface area contributed by atoms with Crippen molar-refractivity contribution in [1.29, 1.82) is 0 Å². The summed E-state index contributed by atoms with van der Waals surface area (Å²) in [5, 5.41) is 13.2. The highest BCUT2D eigenvalue weighted by Crippen LogP contribution is 2.09. The molecule has 2 rings (SSSR count). The van der Waals surface area contributed by atoms with Gasteiger partial charge in [-0.3, -0.25) is 9.59 Å². The Morgan fingerprint density at radius 1 is 1.35 bits per heavy atom. The number of benzene rings is 1. The molecular weight excluding hydrogens is 341 g/mol. The van der Waals surface area contributed by atoms with Crippen molar-refractivity contribution in [2.24, 2.45) is 0 Å². The summed E-state index contributed by atoms with van der Waals surface area (Å²) in [6.45, 7) is 2.98. The second kappa shape index (κ2) is 9.62. The van der Waals surface area contributed by atoms with Crippen LogP contribution in [0.3, 0.4) is 0 Å². The number of halogens is 1. The van der Waals surface area contributed by atoms with E-state index < -0.39 is 11.7 Å². The zero-order valence-corrected chi connectivity index (χ0v) is 14.7. The Kier molecular flexibility index (Phi) is 7.22. The third kappa shape index (κ3) is 5.35. The predicted molar refractivity (Wildman–Crippen MR) is 91.8 cm³/mol. The molecule has 0 fully saturated rings. The van der Waals surface area contributed by atoms with Gasteiger partial charge in [-0.05, 0) is 19.1 Å². The molecular formula is C17H22FN5O3. The average Bonchev–Trinajstić information content (AvgIpc) is 3.08. The largest absolute Gasteiger partial charge is 0.383 e. The number of ether oxygens (including phenoxy) is 1. The van der Waals surface area contributed by atoms with E-state index in [1.165, 1.54) is 18.2 Å². The Balaban J connectivity index is 1.79. The fourth-order valence-electron chi connectivity index (χ4n) is 2.37. The minimum Gasteiger partial charge on any atom is -0.383 e. The smallest absolute Gasteiger partial charge is 0.254 e. The molecule has 26 heavy (non-hydrogen) atoms. The lowest BCUT2D eigenvalue weighted by Gasteiger charge is -2.15. The van der Waals surface area contributed by atoms with Gasteiger partial charge < -0.3 is 19.9 Å². The van der Waals surface area contributed by atoms with Crippen LogP contribution >= 0.6 is 0 Å². The van der Waals surface area contributed by atoms with Crippen LogP contribution in [0.4, 0.5) is 4.39 Å². The number of hydrogen-bond donors (Lipinski definition) is 2. The highest BCUT2D eigenvalue weighted by Gasteiger charge is 2.16. The standard InChI is InChI=1S/C17H22FN5O3/c1-12(16-22-20-11-23(16)9-10-26-2)21-15(24)7-8-19-17(25)13-5-3-4-6-14(13)18/h3-6,11-12H,7-10H2,1-2H3,(H,19,25)(H,21,24)/t12-/m1/s1. The van der Waals surface area contributed by atoms with Crippen molar-refractivity contribution in [2.75, 3.05) is 20.3 Å². The third-order valence-electron chi connectivity index (χ3n) is 3.70. The van der Waals surface area contributed by atoms with E-state index in [0.717, 1.165) is 0 Å². The quantitative estimate of drug-likeness (QED) is 0.694. The van der Waals surface area contributed by atoms with Crippen molar-refractivity contribution >= 4 is 11.8 Å². The summed E-state index contributed by atoms with van der Waals surface area (Å²) < 4.78 is 20.3. The number of amides is 2. The van der Waals surface area contributed by atoms with Gasteiger partial charge in [0.1, 0.15) is 12.1 Å². The minimum atomic E-state index is -0.599. The van der Waals surface area contributed by atoms with Crippen molar-refractivity contribution in [3.05, 3.63) is 47.8 Å². The molecule has 0 aliphatic rings. The van der Waals surface area contributed by atoms with Crippen LogP contribution in [0.15, 0.2) is 30.6 Å². The van der Waals surface area contributed by atoms with E-state index in [4.69, 9.17) is 4.74 Å². The molecule has 0 spiro atoms. The Bertz CT molecular complexity index is 750. The Labute approximate surface area is 150 Å². The summed E-state index contributed by atoms with van der Waals surface area (Å²) in [5.74, 6) is -0.792. The van der Waals surface area contributed by atoms with Gasteiger partial charge in [0, 0.05) is 26.6 Å². The summed E-state index contributed by atoms with van der Waals surface area (Å²) in [7, 11) is 1.60. The number of hydrogen-bond acceptors (Lipinski definition) is 5. The first-order valence-electron chi connectivity index (χ1n) is 8.21. The lowest BCUT2D eigenvalue weighted by molar-refractivity contribution is -0.121. The Morgan fingerprint density at radius 3 is 2.85 bits per heavy atom. The molecule has 1 heterocycles. The first-order valence-corrected chi connectivity index (χ1v) is 8.21. The maximum atomic E-state index is 13.5. The molecule has 0 saturated carbocycles. The zero-order valence-electron chi connectivity index (χ0n) is 14.7. The first kappa shape index (κ1) is 19.5. The molecule has 0 radical (unpaired) electrons. The number of rotatable bonds is 9. The average molecular weight is 363 g/mol. The molecule has 0 saturated heterocycles. The molecule has 0 aliphatic carbocycles. The van der Waals surface area contributed by atoms with Crippen LogP contribution in [0, 0.1) is 5.82 Å². The monoisotopic (exact) mass is 363 g/mol. The molecule has 2 amide bonds. The van der Waals surface area contributed by atoms with Crippen molar-refractivity contribution in [3.8, 4) is 0 Å². The lowest BCUT2D eigenvalue weighted by Crippen LogP contribution is -2.33. The van der Waals surface area contributed by atoms with Gasteiger partial charge in [-0.15, -0.1) is 10.2 Å². The first-order chi connectivity index (χ1) is 12.5. The fraction of sp³-hybridized carbons (Fsp3) is 0.412. The van der Waals surface area contributed by atoms with Crippen LogP contribution in [-0.4, -0.2) is 46.8 Å². The number of nitrogens with one attached hydrogen (secondary N) is 2. The minimum absolute atomic E-state index is 0.0486. The van der Waals surface area contributed by atoms with Crippen LogP contribution < -0.4 is 10.6 Å². The molecule has 2 aromatic rings. The predicted octanol–water partition coefficient (Wildman–Crippen LogP) is 1.06. The molecule has 2 N–H and O–H groups in total. The normalized spacial score (nSPS) is 11.8.